The van der Waals surface area contributed by atoms with Crippen LogP contribution in [0.15, 0.2) is 71.3 Å². The van der Waals surface area contributed by atoms with E-state index in [2.05, 4.69) is 30.3 Å². The van der Waals surface area contributed by atoms with Crippen LogP contribution in [0.4, 0.5) is 0 Å². The molecule has 4 aromatic rings. The van der Waals surface area contributed by atoms with Gasteiger partial charge >= 0.3 is 0 Å². The van der Waals surface area contributed by atoms with Crippen molar-refractivity contribution >= 4 is 27.8 Å². The van der Waals surface area contributed by atoms with Gasteiger partial charge in [-0.1, -0.05) is 42.5 Å². The lowest BCUT2D eigenvalue weighted by atomic mass is 9.96. The van der Waals surface area contributed by atoms with Crippen LogP contribution >= 0.6 is 0 Å². The number of benzene rings is 3. The van der Waals surface area contributed by atoms with Gasteiger partial charge in [-0.2, -0.15) is 0 Å². The lowest BCUT2D eigenvalue weighted by molar-refractivity contribution is 0.519. The fourth-order valence-corrected chi connectivity index (χ4v) is 2.80. The number of carbonyl (C=O) groups excluding carboxylic acids is 1. The second-order valence-corrected chi connectivity index (χ2v) is 4.99. The third-order valence-electron chi connectivity index (χ3n) is 3.79. The maximum Gasteiger partial charge on any atom is 0.272 e. The predicted octanol–water partition coefficient (Wildman–Crippen LogP) is 4.71. The van der Waals surface area contributed by atoms with Crippen LogP contribution in [-0.2, 0) is 4.79 Å². The minimum absolute atomic E-state index is 0.246. The molecule has 0 N–H and O–H groups in total. The van der Waals surface area contributed by atoms with Crippen molar-refractivity contribution in [2.45, 2.75) is 0 Å². The van der Waals surface area contributed by atoms with Gasteiger partial charge in [-0.15, -0.1) is 0 Å². The minimum atomic E-state index is 0.246. The molecule has 1 radical (unpaired) electrons. The van der Waals surface area contributed by atoms with Gasteiger partial charge in [-0.3, -0.25) is 4.79 Å². The largest absolute Gasteiger partial charge is 0.460 e. The highest BCUT2D eigenvalue weighted by Crippen LogP contribution is 2.33. The second kappa shape index (κ2) is 4.60. The Balaban J connectivity index is 2.10. The minimum Gasteiger partial charge on any atom is -0.460 e. The summed E-state index contributed by atoms with van der Waals surface area (Å²) in [5.41, 5.74) is 1.77. The summed E-state index contributed by atoms with van der Waals surface area (Å²) >= 11 is 0. The highest BCUT2D eigenvalue weighted by molar-refractivity contribution is 6.06. The van der Waals surface area contributed by atoms with E-state index in [1.54, 1.807) is 0 Å². The third kappa shape index (κ3) is 1.84. The normalized spacial score (nSPS) is 11.0. The molecular formula is C19H11O2. The number of fused-ring (bicyclic) bond motifs is 2. The topological polar surface area (TPSA) is 30.2 Å². The standard InChI is InChI=1S/C19H11O2/c20-12-19-17(8-9-21-19)16-7-3-6-15-10-13-4-1-2-5-14(13)11-18(15)16/h1-11H. The molecule has 99 valence electrons. The van der Waals surface area contributed by atoms with Crippen molar-refractivity contribution < 1.29 is 9.21 Å². The summed E-state index contributed by atoms with van der Waals surface area (Å²) in [5.74, 6) is 0.246. The van der Waals surface area contributed by atoms with Crippen molar-refractivity contribution in [2.24, 2.45) is 0 Å². The van der Waals surface area contributed by atoms with Crippen molar-refractivity contribution in [3.63, 3.8) is 0 Å². The van der Waals surface area contributed by atoms with E-state index in [4.69, 9.17) is 4.42 Å². The molecule has 3 aromatic carbocycles. The van der Waals surface area contributed by atoms with E-state index in [0.717, 1.165) is 21.9 Å². The van der Waals surface area contributed by atoms with Gasteiger partial charge in [0.15, 0.2) is 5.76 Å². The molecule has 2 nitrogen and oxygen atoms in total. The van der Waals surface area contributed by atoms with Crippen LogP contribution in [0.1, 0.15) is 5.76 Å². The fraction of sp³-hybridized carbons (Fsp3) is 0. The Labute approximate surface area is 121 Å². The van der Waals surface area contributed by atoms with E-state index < -0.39 is 0 Å². The van der Waals surface area contributed by atoms with E-state index in [-0.39, 0.29) is 5.76 Å². The quantitative estimate of drug-likeness (QED) is 0.494. The van der Waals surface area contributed by atoms with Crippen molar-refractivity contribution in [3.05, 3.63) is 72.7 Å². The van der Waals surface area contributed by atoms with E-state index in [9.17, 15) is 4.79 Å². The lowest BCUT2D eigenvalue weighted by Gasteiger charge is -2.07. The summed E-state index contributed by atoms with van der Waals surface area (Å²) in [6.45, 7) is 0. The average Bonchev–Trinajstić information content (AvgIpc) is 3.00. The van der Waals surface area contributed by atoms with E-state index in [1.807, 2.05) is 36.6 Å². The summed E-state index contributed by atoms with van der Waals surface area (Å²) in [5, 5.41) is 4.63. The predicted molar refractivity (Wildman–Crippen MR) is 84.0 cm³/mol. The molecule has 0 atom stereocenters. The van der Waals surface area contributed by atoms with Crippen LogP contribution in [0.3, 0.4) is 0 Å². The van der Waals surface area contributed by atoms with E-state index >= 15 is 0 Å². The van der Waals surface area contributed by atoms with Crippen LogP contribution < -0.4 is 0 Å². The molecule has 0 aliphatic carbocycles. The molecule has 0 saturated heterocycles. The van der Waals surface area contributed by atoms with E-state index in [0.29, 0.717) is 0 Å². The summed E-state index contributed by atoms with van der Waals surface area (Å²) in [6.07, 6.45) is 3.38. The van der Waals surface area contributed by atoms with Crippen molar-refractivity contribution in [2.75, 3.05) is 0 Å². The first kappa shape index (κ1) is 11.9. The molecule has 0 unspecified atom stereocenters. The summed E-state index contributed by atoms with van der Waals surface area (Å²) in [4.78, 5) is 11.0. The van der Waals surface area contributed by atoms with Gasteiger partial charge < -0.3 is 4.42 Å². The Hall–Kier alpha value is -2.87. The van der Waals surface area contributed by atoms with Crippen LogP contribution in [0.2, 0.25) is 0 Å². The van der Waals surface area contributed by atoms with Gasteiger partial charge in [-0.05, 0) is 45.3 Å². The lowest BCUT2D eigenvalue weighted by Crippen LogP contribution is -1.85. The third-order valence-corrected chi connectivity index (χ3v) is 3.79. The van der Waals surface area contributed by atoms with Gasteiger partial charge in [0, 0.05) is 5.56 Å². The van der Waals surface area contributed by atoms with Crippen LogP contribution in [-0.4, -0.2) is 6.29 Å². The second-order valence-electron chi connectivity index (χ2n) is 4.99. The zero-order chi connectivity index (χ0) is 14.2. The van der Waals surface area contributed by atoms with Crippen molar-refractivity contribution in [1.82, 2.24) is 0 Å². The molecule has 4 rings (SSSR count). The summed E-state index contributed by atoms with van der Waals surface area (Å²) in [7, 11) is 0. The number of hydrogen-bond donors (Lipinski definition) is 0. The smallest absolute Gasteiger partial charge is 0.272 e. The van der Waals surface area contributed by atoms with Gasteiger partial charge in [0.1, 0.15) is 0 Å². The Morgan fingerprint density at radius 3 is 2.33 bits per heavy atom. The highest BCUT2D eigenvalue weighted by atomic mass is 16.3. The first-order valence-electron chi connectivity index (χ1n) is 6.74. The van der Waals surface area contributed by atoms with Gasteiger partial charge in [0.05, 0.1) is 6.26 Å². The van der Waals surface area contributed by atoms with Gasteiger partial charge in [0.2, 0.25) is 0 Å². The first-order valence-corrected chi connectivity index (χ1v) is 6.74. The molecule has 1 aromatic heterocycles. The van der Waals surface area contributed by atoms with Gasteiger partial charge in [-0.25, -0.2) is 0 Å². The summed E-state index contributed by atoms with van der Waals surface area (Å²) in [6, 6.07) is 20.5. The average molecular weight is 271 g/mol. The highest BCUT2D eigenvalue weighted by Gasteiger charge is 2.12. The maximum absolute atomic E-state index is 11.0. The molecular weight excluding hydrogens is 260 g/mol. The zero-order valence-corrected chi connectivity index (χ0v) is 11.2. The molecule has 2 heteroatoms. The molecule has 0 saturated carbocycles. The van der Waals surface area contributed by atoms with Crippen LogP contribution in [0.25, 0.3) is 32.7 Å². The maximum atomic E-state index is 11.0. The first-order chi connectivity index (χ1) is 10.4. The monoisotopic (exact) mass is 271 g/mol. The molecule has 0 bridgehead atoms. The SMILES string of the molecule is O=[C]c1occc1-c1cccc2cc3ccccc3cc12. The number of rotatable bonds is 2. The van der Waals surface area contributed by atoms with Crippen LogP contribution in [0, 0.1) is 0 Å². The Bertz CT molecular complexity index is 964. The Morgan fingerprint density at radius 1 is 0.762 bits per heavy atom. The van der Waals surface area contributed by atoms with Gasteiger partial charge in [0.25, 0.3) is 6.29 Å². The molecule has 0 spiro atoms. The molecule has 21 heavy (non-hydrogen) atoms. The summed E-state index contributed by atoms with van der Waals surface area (Å²) < 4.78 is 5.18. The number of furan rings is 1. The van der Waals surface area contributed by atoms with E-state index in [1.165, 1.54) is 17.0 Å². The Kier molecular flexibility index (Phi) is 2.61. The molecule has 0 aliphatic rings. The molecule has 1 heterocycles. The fourth-order valence-electron chi connectivity index (χ4n) is 2.80. The van der Waals surface area contributed by atoms with Crippen molar-refractivity contribution in [1.29, 1.82) is 0 Å². The van der Waals surface area contributed by atoms with Crippen molar-refractivity contribution in [3.8, 4) is 11.1 Å². The molecule has 0 amide bonds. The Morgan fingerprint density at radius 2 is 1.52 bits per heavy atom. The molecule has 0 fully saturated rings. The zero-order valence-electron chi connectivity index (χ0n) is 11.2. The van der Waals surface area contributed by atoms with Crippen LogP contribution in [0.5, 0.6) is 0 Å². The number of hydrogen-bond acceptors (Lipinski definition) is 2. The molecule has 0 aliphatic heterocycles.